The van der Waals surface area contributed by atoms with E-state index in [0.29, 0.717) is 5.82 Å². The number of nitrogens with two attached hydrogens (primary N) is 1. The highest BCUT2D eigenvalue weighted by molar-refractivity contribution is 5.52. The van der Waals surface area contributed by atoms with Gasteiger partial charge in [0.2, 0.25) is 11.7 Å². The minimum absolute atomic E-state index is 0.224. The Hall–Kier alpha value is -1.79. The van der Waals surface area contributed by atoms with Gasteiger partial charge in [0.25, 0.3) is 0 Å². The van der Waals surface area contributed by atoms with Gasteiger partial charge in [-0.3, -0.25) is 4.98 Å². The van der Waals surface area contributed by atoms with Crippen LogP contribution in [0.2, 0.25) is 0 Å². The van der Waals surface area contributed by atoms with E-state index in [1.165, 1.54) is 0 Å². The van der Waals surface area contributed by atoms with Crippen molar-refractivity contribution in [2.24, 2.45) is 5.73 Å². The van der Waals surface area contributed by atoms with E-state index in [9.17, 15) is 5.11 Å². The lowest BCUT2D eigenvalue weighted by atomic mass is 10.2. The highest BCUT2D eigenvalue weighted by atomic mass is 16.5. The van der Waals surface area contributed by atoms with Crippen LogP contribution in [0.25, 0.3) is 11.4 Å². The summed E-state index contributed by atoms with van der Waals surface area (Å²) in [5.74, 6) is 0.662. The molecule has 0 saturated carbocycles. The van der Waals surface area contributed by atoms with Crippen molar-refractivity contribution in [2.45, 2.75) is 19.1 Å². The van der Waals surface area contributed by atoms with E-state index in [1.807, 2.05) is 0 Å². The summed E-state index contributed by atoms with van der Waals surface area (Å²) in [5, 5.41) is 13.1. The Morgan fingerprint density at radius 3 is 2.69 bits per heavy atom. The van der Waals surface area contributed by atoms with Crippen molar-refractivity contribution in [3.8, 4) is 11.4 Å². The lowest BCUT2D eigenvalue weighted by Gasteiger charge is -2.08. The Morgan fingerprint density at radius 2 is 2.06 bits per heavy atom. The second kappa shape index (κ2) is 4.38. The molecule has 84 valence electrons. The molecule has 0 aromatic carbocycles. The second-order valence-corrected chi connectivity index (χ2v) is 3.46. The van der Waals surface area contributed by atoms with E-state index in [2.05, 4.69) is 15.1 Å². The van der Waals surface area contributed by atoms with Gasteiger partial charge in [0.15, 0.2) is 0 Å². The number of aromatic nitrogens is 3. The number of rotatable bonds is 3. The Labute approximate surface area is 92.1 Å². The molecule has 0 unspecified atom stereocenters. The molecular weight excluding hydrogens is 208 g/mol. The molecule has 0 bridgehead atoms. The van der Waals surface area contributed by atoms with Crippen molar-refractivity contribution >= 4 is 0 Å². The first-order valence-corrected chi connectivity index (χ1v) is 4.86. The molecule has 16 heavy (non-hydrogen) atoms. The van der Waals surface area contributed by atoms with E-state index >= 15 is 0 Å². The van der Waals surface area contributed by atoms with Gasteiger partial charge in [-0.25, -0.2) is 0 Å². The quantitative estimate of drug-likeness (QED) is 0.782. The SMILES string of the molecule is C[C@@H](O)[C@H](N)c1nc(-c2ccncc2)no1. The molecule has 0 aliphatic carbocycles. The first-order chi connectivity index (χ1) is 7.68. The van der Waals surface area contributed by atoms with E-state index < -0.39 is 12.1 Å². The minimum Gasteiger partial charge on any atom is -0.391 e. The van der Waals surface area contributed by atoms with Gasteiger partial charge in [-0.2, -0.15) is 4.98 Å². The van der Waals surface area contributed by atoms with Crippen LogP contribution in [0.3, 0.4) is 0 Å². The summed E-state index contributed by atoms with van der Waals surface area (Å²) in [7, 11) is 0. The average Bonchev–Trinajstić information content (AvgIpc) is 2.78. The topological polar surface area (TPSA) is 98.1 Å². The van der Waals surface area contributed by atoms with E-state index in [1.54, 1.807) is 31.5 Å². The van der Waals surface area contributed by atoms with Gasteiger partial charge in [0.05, 0.1) is 6.10 Å². The maximum absolute atomic E-state index is 9.29. The first kappa shape index (κ1) is 10.7. The Kier molecular flexibility index (Phi) is 2.93. The zero-order valence-corrected chi connectivity index (χ0v) is 8.74. The molecular formula is C10H12N4O2. The van der Waals surface area contributed by atoms with Crippen LogP contribution in [0, 0.1) is 0 Å². The van der Waals surface area contributed by atoms with Gasteiger partial charge in [-0.05, 0) is 19.1 Å². The number of pyridine rings is 1. The fourth-order valence-corrected chi connectivity index (χ4v) is 1.20. The van der Waals surface area contributed by atoms with Crippen LogP contribution < -0.4 is 5.73 Å². The lowest BCUT2D eigenvalue weighted by Crippen LogP contribution is -2.23. The average molecular weight is 220 g/mol. The smallest absolute Gasteiger partial charge is 0.246 e. The largest absolute Gasteiger partial charge is 0.391 e. The van der Waals surface area contributed by atoms with Crippen LogP contribution in [0.1, 0.15) is 18.9 Å². The van der Waals surface area contributed by atoms with Crippen molar-refractivity contribution in [2.75, 3.05) is 0 Å². The van der Waals surface area contributed by atoms with E-state index in [4.69, 9.17) is 10.3 Å². The number of aliphatic hydroxyl groups excluding tert-OH is 1. The summed E-state index contributed by atoms with van der Waals surface area (Å²) < 4.78 is 4.98. The van der Waals surface area contributed by atoms with Crippen LogP contribution in [0.4, 0.5) is 0 Å². The van der Waals surface area contributed by atoms with E-state index in [-0.39, 0.29) is 5.89 Å². The molecule has 0 spiro atoms. The molecule has 0 amide bonds. The Balaban J connectivity index is 2.27. The Morgan fingerprint density at radius 1 is 1.38 bits per heavy atom. The van der Waals surface area contributed by atoms with Crippen molar-refractivity contribution in [3.63, 3.8) is 0 Å². The third-order valence-corrected chi connectivity index (χ3v) is 2.19. The monoisotopic (exact) mass is 220 g/mol. The van der Waals surface area contributed by atoms with Gasteiger partial charge >= 0.3 is 0 Å². The zero-order chi connectivity index (χ0) is 11.5. The molecule has 2 atom stereocenters. The number of aliphatic hydroxyl groups is 1. The fraction of sp³-hybridized carbons (Fsp3) is 0.300. The summed E-state index contributed by atoms with van der Waals surface area (Å²) in [6.07, 6.45) is 2.55. The molecule has 3 N–H and O–H groups in total. The van der Waals surface area contributed by atoms with Crippen LogP contribution in [-0.2, 0) is 0 Å². The number of nitrogens with zero attached hydrogens (tertiary/aromatic N) is 3. The van der Waals surface area contributed by atoms with Gasteiger partial charge < -0.3 is 15.4 Å². The normalized spacial score (nSPS) is 14.7. The number of hydrogen-bond donors (Lipinski definition) is 2. The molecule has 0 aliphatic rings. The number of hydrogen-bond acceptors (Lipinski definition) is 6. The van der Waals surface area contributed by atoms with Crippen LogP contribution in [-0.4, -0.2) is 26.3 Å². The highest BCUT2D eigenvalue weighted by Crippen LogP contribution is 2.18. The fourth-order valence-electron chi connectivity index (χ4n) is 1.20. The molecule has 2 aromatic rings. The first-order valence-electron chi connectivity index (χ1n) is 4.86. The predicted octanol–water partition coefficient (Wildman–Crippen LogP) is 0.512. The molecule has 0 saturated heterocycles. The maximum Gasteiger partial charge on any atom is 0.246 e. The van der Waals surface area contributed by atoms with Crippen LogP contribution >= 0.6 is 0 Å². The van der Waals surface area contributed by atoms with Crippen molar-refractivity contribution < 1.29 is 9.63 Å². The van der Waals surface area contributed by atoms with Crippen molar-refractivity contribution in [3.05, 3.63) is 30.4 Å². The molecule has 0 radical (unpaired) electrons. The minimum atomic E-state index is -0.731. The third kappa shape index (κ3) is 2.07. The van der Waals surface area contributed by atoms with Crippen molar-refractivity contribution in [1.29, 1.82) is 0 Å². The molecule has 2 aromatic heterocycles. The molecule has 2 rings (SSSR count). The van der Waals surface area contributed by atoms with Gasteiger partial charge in [-0.15, -0.1) is 0 Å². The summed E-state index contributed by atoms with van der Waals surface area (Å²) in [5.41, 5.74) is 6.46. The molecule has 0 aliphatic heterocycles. The van der Waals surface area contributed by atoms with Gasteiger partial charge in [0.1, 0.15) is 6.04 Å². The summed E-state index contributed by atoms with van der Waals surface area (Å²) in [6.45, 7) is 1.57. The third-order valence-electron chi connectivity index (χ3n) is 2.19. The Bertz CT molecular complexity index is 455. The maximum atomic E-state index is 9.29. The highest BCUT2D eigenvalue weighted by Gasteiger charge is 2.19. The molecule has 6 nitrogen and oxygen atoms in total. The predicted molar refractivity (Wildman–Crippen MR) is 56.1 cm³/mol. The second-order valence-electron chi connectivity index (χ2n) is 3.46. The molecule has 6 heteroatoms. The van der Waals surface area contributed by atoms with Crippen LogP contribution in [0.5, 0.6) is 0 Å². The summed E-state index contributed by atoms with van der Waals surface area (Å²) >= 11 is 0. The molecule has 0 fully saturated rings. The lowest BCUT2D eigenvalue weighted by molar-refractivity contribution is 0.146. The summed E-state index contributed by atoms with van der Waals surface area (Å²) in [4.78, 5) is 8.00. The van der Waals surface area contributed by atoms with Crippen LogP contribution in [0.15, 0.2) is 29.0 Å². The zero-order valence-electron chi connectivity index (χ0n) is 8.74. The van der Waals surface area contributed by atoms with Gasteiger partial charge in [0, 0.05) is 18.0 Å². The van der Waals surface area contributed by atoms with Crippen molar-refractivity contribution in [1.82, 2.24) is 15.1 Å². The van der Waals surface area contributed by atoms with Gasteiger partial charge in [-0.1, -0.05) is 5.16 Å². The van der Waals surface area contributed by atoms with E-state index in [0.717, 1.165) is 5.56 Å². The summed E-state index contributed by atoms with van der Waals surface area (Å²) in [6, 6.07) is 2.87. The molecule has 2 heterocycles. The standard InChI is InChI=1S/C10H12N4O2/c1-6(15)8(11)10-13-9(14-16-10)7-2-4-12-5-3-7/h2-6,8,15H,11H2,1H3/t6-,8+/m1/s1.